The number of nitrogens with two attached hydrogens (primary N) is 1. The third kappa shape index (κ3) is 4.59. The van der Waals surface area contributed by atoms with Gasteiger partial charge in [0.1, 0.15) is 11.0 Å². The third-order valence-electron chi connectivity index (χ3n) is 2.72. The number of hydrogen-bond donors (Lipinski definition) is 3. The summed E-state index contributed by atoms with van der Waals surface area (Å²) < 4.78 is 38.5. The molecule has 0 spiro atoms. The zero-order valence-electron chi connectivity index (χ0n) is 11.5. The lowest BCUT2D eigenvalue weighted by molar-refractivity contribution is -0.137. The van der Waals surface area contributed by atoms with Crippen LogP contribution in [0.2, 0.25) is 0 Å². The number of rotatable bonds is 5. The fourth-order valence-electron chi connectivity index (χ4n) is 1.73. The number of alkyl halides is 3. The standard InChI is InChI=1S/C13H16F3N3OS/c1-3-18-12(20)7(2)19-8-4-5-10(13(14,15)16)9(6-8)11(17)21/h4-7,19H,3H2,1-2H3,(H2,17,21)(H,18,20). The highest BCUT2D eigenvalue weighted by Crippen LogP contribution is 2.33. The van der Waals surface area contributed by atoms with Crippen molar-refractivity contribution in [2.45, 2.75) is 26.1 Å². The number of hydrogen-bond acceptors (Lipinski definition) is 3. The average Bonchev–Trinajstić information content (AvgIpc) is 2.37. The van der Waals surface area contributed by atoms with Gasteiger partial charge in [0.15, 0.2) is 0 Å². The number of likely N-dealkylation sites (N-methyl/N-ethyl adjacent to an activating group) is 1. The number of halogens is 3. The first-order chi connectivity index (χ1) is 9.66. The van der Waals surface area contributed by atoms with Crippen LogP contribution in [0.15, 0.2) is 18.2 Å². The molecule has 1 aromatic rings. The molecule has 0 saturated heterocycles. The molecule has 4 nitrogen and oxygen atoms in total. The lowest BCUT2D eigenvalue weighted by atomic mass is 10.1. The van der Waals surface area contributed by atoms with E-state index in [-0.39, 0.29) is 16.5 Å². The summed E-state index contributed by atoms with van der Waals surface area (Å²) >= 11 is 4.66. The minimum Gasteiger partial charge on any atom is -0.389 e. The second kappa shape index (κ2) is 6.75. The van der Waals surface area contributed by atoms with Crippen molar-refractivity contribution in [3.8, 4) is 0 Å². The van der Waals surface area contributed by atoms with Crippen LogP contribution in [0.5, 0.6) is 0 Å². The number of carbonyl (C=O) groups is 1. The van der Waals surface area contributed by atoms with Crippen molar-refractivity contribution in [2.75, 3.05) is 11.9 Å². The van der Waals surface area contributed by atoms with Gasteiger partial charge >= 0.3 is 6.18 Å². The lowest BCUT2D eigenvalue weighted by Crippen LogP contribution is -2.37. The average molecular weight is 319 g/mol. The molecule has 0 aliphatic carbocycles. The Balaban J connectivity index is 3.04. The van der Waals surface area contributed by atoms with Gasteiger partial charge in [0.25, 0.3) is 0 Å². The maximum Gasteiger partial charge on any atom is 0.417 e. The van der Waals surface area contributed by atoms with Crippen molar-refractivity contribution in [3.63, 3.8) is 0 Å². The van der Waals surface area contributed by atoms with Gasteiger partial charge in [-0.05, 0) is 32.0 Å². The predicted molar refractivity (Wildman–Crippen MR) is 79.1 cm³/mol. The zero-order valence-corrected chi connectivity index (χ0v) is 12.4. The fourth-order valence-corrected chi connectivity index (χ4v) is 1.90. The number of thiocarbonyl (C=S) groups is 1. The highest BCUT2D eigenvalue weighted by atomic mass is 32.1. The Hall–Kier alpha value is -1.83. The van der Waals surface area contributed by atoms with Crippen molar-refractivity contribution in [1.82, 2.24) is 5.32 Å². The van der Waals surface area contributed by atoms with Crippen LogP contribution in [-0.2, 0) is 11.0 Å². The minimum absolute atomic E-state index is 0.255. The molecular formula is C13H16F3N3OS. The summed E-state index contributed by atoms with van der Waals surface area (Å²) in [5.74, 6) is -0.255. The molecule has 0 aliphatic heterocycles. The molecule has 1 rings (SSSR count). The van der Waals surface area contributed by atoms with Crippen molar-refractivity contribution in [1.29, 1.82) is 0 Å². The summed E-state index contributed by atoms with van der Waals surface area (Å²) in [5, 5.41) is 5.41. The molecule has 1 atom stereocenters. The summed E-state index contributed by atoms with van der Waals surface area (Å²) in [6, 6.07) is 2.73. The molecule has 0 saturated carbocycles. The number of nitrogens with one attached hydrogen (secondary N) is 2. The maximum absolute atomic E-state index is 12.8. The molecule has 1 aromatic carbocycles. The van der Waals surface area contributed by atoms with Crippen molar-refractivity contribution in [3.05, 3.63) is 29.3 Å². The molecule has 0 bridgehead atoms. The molecule has 0 fully saturated rings. The van der Waals surface area contributed by atoms with Crippen LogP contribution in [0.25, 0.3) is 0 Å². The Bertz CT molecular complexity index is 546. The Morgan fingerprint density at radius 2 is 2.05 bits per heavy atom. The van der Waals surface area contributed by atoms with E-state index in [1.165, 1.54) is 12.1 Å². The molecule has 0 radical (unpaired) electrons. The Labute approximate surface area is 125 Å². The van der Waals surface area contributed by atoms with Crippen LogP contribution < -0.4 is 16.4 Å². The summed E-state index contributed by atoms with van der Waals surface area (Å²) in [4.78, 5) is 11.2. The normalized spacial score (nSPS) is 12.6. The third-order valence-corrected chi connectivity index (χ3v) is 2.94. The first-order valence-electron chi connectivity index (χ1n) is 6.22. The Morgan fingerprint density at radius 1 is 1.43 bits per heavy atom. The lowest BCUT2D eigenvalue weighted by Gasteiger charge is -2.17. The molecule has 1 amide bonds. The Morgan fingerprint density at radius 3 is 2.52 bits per heavy atom. The second-order valence-electron chi connectivity index (χ2n) is 4.38. The van der Waals surface area contributed by atoms with Gasteiger partial charge in [0.2, 0.25) is 5.91 Å². The largest absolute Gasteiger partial charge is 0.417 e. The number of benzene rings is 1. The van der Waals surface area contributed by atoms with E-state index in [0.717, 1.165) is 6.07 Å². The van der Waals surface area contributed by atoms with Gasteiger partial charge in [-0.25, -0.2) is 0 Å². The molecule has 0 heterocycles. The fraction of sp³-hybridized carbons (Fsp3) is 0.385. The van der Waals surface area contributed by atoms with E-state index >= 15 is 0 Å². The summed E-state index contributed by atoms with van der Waals surface area (Å²) in [6.45, 7) is 3.84. The van der Waals surface area contributed by atoms with E-state index in [9.17, 15) is 18.0 Å². The molecular weight excluding hydrogens is 303 g/mol. The van der Waals surface area contributed by atoms with Crippen LogP contribution in [0.3, 0.4) is 0 Å². The molecule has 4 N–H and O–H groups in total. The van der Waals surface area contributed by atoms with Gasteiger partial charge in [-0.2, -0.15) is 13.2 Å². The minimum atomic E-state index is -4.54. The van der Waals surface area contributed by atoms with Crippen LogP contribution in [0, 0.1) is 0 Å². The van der Waals surface area contributed by atoms with E-state index in [1.54, 1.807) is 13.8 Å². The summed E-state index contributed by atoms with van der Waals surface area (Å²) in [7, 11) is 0. The predicted octanol–water partition coefficient (Wildman–Crippen LogP) is 2.28. The highest BCUT2D eigenvalue weighted by molar-refractivity contribution is 7.80. The van der Waals surface area contributed by atoms with Gasteiger partial charge in [0.05, 0.1) is 5.56 Å². The number of anilines is 1. The van der Waals surface area contributed by atoms with Gasteiger partial charge in [-0.3, -0.25) is 4.79 Å². The van der Waals surface area contributed by atoms with E-state index in [2.05, 4.69) is 22.9 Å². The summed E-state index contributed by atoms with van der Waals surface area (Å²) in [6.07, 6.45) is -4.54. The molecule has 21 heavy (non-hydrogen) atoms. The molecule has 1 unspecified atom stereocenters. The number of amides is 1. The van der Waals surface area contributed by atoms with Crippen LogP contribution in [-0.4, -0.2) is 23.5 Å². The first kappa shape index (κ1) is 17.2. The van der Waals surface area contributed by atoms with Crippen molar-refractivity contribution >= 4 is 28.8 Å². The molecule has 0 aliphatic rings. The quantitative estimate of drug-likeness (QED) is 0.729. The topological polar surface area (TPSA) is 67.2 Å². The second-order valence-corrected chi connectivity index (χ2v) is 4.82. The zero-order chi connectivity index (χ0) is 16.2. The van der Waals surface area contributed by atoms with Crippen molar-refractivity contribution in [2.24, 2.45) is 5.73 Å². The monoisotopic (exact) mass is 319 g/mol. The Kier molecular flexibility index (Phi) is 5.54. The van der Waals surface area contributed by atoms with Crippen molar-refractivity contribution < 1.29 is 18.0 Å². The maximum atomic E-state index is 12.8. The molecule has 116 valence electrons. The van der Waals surface area contributed by atoms with Crippen LogP contribution in [0.1, 0.15) is 25.0 Å². The van der Waals surface area contributed by atoms with E-state index in [0.29, 0.717) is 12.2 Å². The van der Waals surface area contributed by atoms with Crippen LogP contribution in [0.4, 0.5) is 18.9 Å². The number of carbonyl (C=O) groups excluding carboxylic acids is 1. The SMILES string of the molecule is CCNC(=O)C(C)Nc1ccc(C(F)(F)F)c(C(N)=S)c1. The van der Waals surface area contributed by atoms with Gasteiger partial charge < -0.3 is 16.4 Å². The van der Waals surface area contributed by atoms with Gasteiger partial charge in [0, 0.05) is 17.8 Å². The first-order valence-corrected chi connectivity index (χ1v) is 6.63. The summed E-state index contributed by atoms with van der Waals surface area (Å²) in [5.41, 5.74) is 4.51. The van der Waals surface area contributed by atoms with E-state index in [4.69, 9.17) is 5.73 Å². The van der Waals surface area contributed by atoms with Crippen LogP contribution >= 0.6 is 12.2 Å². The van der Waals surface area contributed by atoms with E-state index < -0.39 is 17.8 Å². The smallest absolute Gasteiger partial charge is 0.389 e. The van der Waals surface area contributed by atoms with Gasteiger partial charge in [-0.15, -0.1) is 0 Å². The molecule has 8 heteroatoms. The highest BCUT2D eigenvalue weighted by Gasteiger charge is 2.34. The van der Waals surface area contributed by atoms with Gasteiger partial charge in [-0.1, -0.05) is 12.2 Å². The van der Waals surface area contributed by atoms with E-state index in [1.807, 2.05) is 0 Å². The molecule has 0 aromatic heterocycles.